The molecule has 1 fully saturated rings. The lowest BCUT2D eigenvalue weighted by Gasteiger charge is -2.30. The summed E-state index contributed by atoms with van der Waals surface area (Å²) in [6.07, 6.45) is 0.0483. The average Bonchev–Trinajstić information content (AvgIpc) is 3.13. The molecule has 1 N–H and O–H groups in total. The number of nitrogens with zero attached hydrogens (tertiary/aromatic N) is 4. The molecule has 2 aromatic rings. The Bertz CT molecular complexity index is 931. The van der Waals surface area contributed by atoms with Crippen LogP contribution < -0.4 is 5.32 Å². The molecule has 11 heteroatoms. The molecule has 158 valence electrons. The molecule has 0 spiro atoms. The number of sulfone groups is 1. The van der Waals surface area contributed by atoms with Gasteiger partial charge in [-0.3, -0.25) is 0 Å². The summed E-state index contributed by atoms with van der Waals surface area (Å²) >= 11 is 0. The zero-order chi connectivity index (χ0) is 21.1. The number of para-hydroxylation sites is 1. The molecule has 10 nitrogen and oxygen atoms in total. The molecule has 0 saturated carbocycles. The minimum Gasteiger partial charge on any atom is -0.444 e. The molecule has 0 bridgehead atoms. The molecule has 1 amide bonds. The molecule has 0 unspecified atom stereocenters. The highest BCUT2D eigenvalue weighted by atomic mass is 32.2. The van der Waals surface area contributed by atoms with Crippen molar-refractivity contribution >= 4 is 15.9 Å². The number of ether oxygens (including phenoxy) is 2. The van der Waals surface area contributed by atoms with Gasteiger partial charge in [0.25, 0.3) is 5.16 Å². The molecule has 1 aliphatic rings. The van der Waals surface area contributed by atoms with Crippen LogP contribution >= 0.6 is 0 Å². The summed E-state index contributed by atoms with van der Waals surface area (Å²) in [5.41, 5.74) is -0.0267. The zero-order valence-corrected chi connectivity index (χ0v) is 17.4. The van der Waals surface area contributed by atoms with E-state index in [9.17, 15) is 13.2 Å². The van der Waals surface area contributed by atoms with Gasteiger partial charge in [0.05, 0.1) is 30.2 Å². The number of tetrazole rings is 1. The quantitative estimate of drug-likeness (QED) is 0.767. The van der Waals surface area contributed by atoms with Crippen molar-refractivity contribution in [2.45, 2.75) is 56.5 Å². The van der Waals surface area contributed by atoms with Crippen LogP contribution in [0, 0.1) is 0 Å². The van der Waals surface area contributed by atoms with Crippen LogP contribution in [0.15, 0.2) is 35.5 Å². The molecule has 2 atom stereocenters. The van der Waals surface area contributed by atoms with Gasteiger partial charge in [0.15, 0.2) is 0 Å². The molecule has 3 rings (SSSR count). The standard InChI is InChI=1S/C18H25N5O5S/c1-18(2,3)28-17(24)19-13-9-10-15(27-11-13)12-29(25,26)16-20-21-22-23(16)14-7-5-4-6-8-14/h4-8,13,15H,9-12H2,1-3H3,(H,19,24)/t13-,15+/m0/s1. The molecular weight excluding hydrogens is 398 g/mol. The van der Waals surface area contributed by atoms with Crippen molar-refractivity contribution in [2.24, 2.45) is 0 Å². The molecule has 0 aliphatic carbocycles. The van der Waals surface area contributed by atoms with Crippen LogP contribution in [0.3, 0.4) is 0 Å². The van der Waals surface area contributed by atoms with Gasteiger partial charge in [-0.2, -0.15) is 4.68 Å². The Hall–Kier alpha value is -2.53. The molecular formula is C18H25N5O5S. The number of hydrogen-bond acceptors (Lipinski definition) is 8. The lowest BCUT2D eigenvalue weighted by molar-refractivity contribution is 0.00262. The fourth-order valence-corrected chi connectivity index (χ4v) is 4.42. The van der Waals surface area contributed by atoms with Crippen molar-refractivity contribution in [3.63, 3.8) is 0 Å². The Morgan fingerprint density at radius 2 is 2.00 bits per heavy atom. The van der Waals surface area contributed by atoms with E-state index in [1.807, 2.05) is 6.07 Å². The third-order valence-corrected chi connectivity index (χ3v) is 5.84. The lowest BCUT2D eigenvalue weighted by atomic mass is 10.1. The van der Waals surface area contributed by atoms with Crippen molar-refractivity contribution in [2.75, 3.05) is 12.4 Å². The van der Waals surface area contributed by atoms with Crippen LogP contribution in [-0.2, 0) is 19.3 Å². The maximum Gasteiger partial charge on any atom is 0.407 e. The minimum atomic E-state index is -3.77. The van der Waals surface area contributed by atoms with Crippen LogP contribution in [0.5, 0.6) is 0 Å². The summed E-state index contributed by atoms with van der Waals surface area (Å²) in [5.74, 6) is -0.237. The van der Waals surface area contributed by atoms with Gasteiger partial charge in [0.1, 0.15) is 5.60 Å². The van der Waals surface area contributed by atoms with Crippen LogP contribution in [0.4, 0.5) is 4.79 Å². The molecule has 0 radical (unpaired) electrons. The second-order valence-electron chi connectivity index (χ2n) is 7.87. The van der Waals surface area contributed by atoms with E-state index in [2.05, 4.69) is 20.8 Å². The first-order chi connectivity index (χ1) is 13.6. The number of benzene rings is 1. The Balaban J connectivity index is 1.58. The summed E-state index contributed by atoms with van der Waals surface area (Å²) in [7, 11) is -3.77. The SMILES string of the molecule is CC(C)(C)OC(=O)N[C@H]1CC[C@H](CS(=O)(=O)c2nnnn2-c2ccccc2)OC1. The van der Waals surface area contributed by atoms with Gasteiger partial charge < -0.3 is 14.8 Å². The average molecular weight is 423 g/mol. The third-order valence-electron chi connectivity index (χ3n) is 4.22. The summed E-state index contributed by atoms with van der Waals surface area (Å²) in [4.78, 5) is 11.9. The molecule has 1 aliphatic heterocycles. The summed E-state index contributed by atoms with van der Waals surface area (Å²) in [6, 6.07) is 8.59. The number of rotatable bonds is 5. The number of carbonyl (C=O) groups excluding carboxylic acids is 1. The Morgan fingerprint density at radius 3 is 2.62 bits per heavy atom. The Morgan fingerprint density at radius 1 is 1.28 bits per heavy atom. The van der Waals surface area contributed by atoms with Crippen molar-refractivity contribution in [3.05, 3.63) is 30.3 Å². The first kappa shape index (κ1) is 21.2. The predicted molar refractivity (Wildman–Crippen MR) is 103 cm³/mol. The van der Waals surface area contributed by atoms with Crippen molar-refractivity contribution in [3.8, 4) is 5.69 Å². The van der Waals surface area contributed by atoms with E-state index < -0.39 is 27.6 Å². The van der Waals surface area contributed by atoms with Gasteiger partial charge in [0.2, 0.25) is 9.84 Å². The van der Waals surface area contributed by atoms with Gasteiger partial charge in [-0.1, -0.05) is 23.3 Å². The van der Waals surface area contributed by atoms with E-state index >= 15 is 0 Å². The van der Waals surface area contributed by atoms with Crippen molar-refractivity contribution in [1.82, 2.24) is 25.5 Å². The van der Waals surface area contributed by atoms with E-state index in [1.165, 1.54) is 4.68 Å². The minimum absolute atomic E-state index is 0.211. The van der Waals surface area contributed by atoms with Crippen LogP contribution in [0.1, 0.15) is 33.6 Å². The summed E-state index contributed by atoms with van der Waals surface area (Å²) in [6.45, 7) is 5.57. The molecule has 1 aromatic heterocycles. The van der Waals surface area contributed by atoms with Crippen molar-refractivity contribution < 1.29 is 22.7 Å². The fraction of sp³-hybridized carbons (Fsp3) is 0.556. The van der Waals surface area contributed by atoms with Crippen LogP contribution in [0.2, 0.25) is 0 Å². The normalized spacial score (nSPS) is 20.2. The van der Waals surface area contributed by atoms with E-state index in [-0.39, 0.29) is 23.6 Å². The van der Waals surface area contributed by atoms with Gasteiger partial charge in [0, 0.05) is 0 Å². The van der Waals surface area contributed by atoms with Gasteiger partial charge in [-0.05, 0) is 56.2 Å². The number of hydrogen-bond donors (Lipinski definition) is 1. The molecule has 1 aromatic carbocycles. The Labute approximate surface area is 169 Å². The third kappa shape index (κ3) is 5.73. The molecule has 2 heterocycles. The predicted octanol–water partition coefficient (Wildman–Crippen LogP) is 1.51. The summed E-state index contributed by atoms with van der Waals surface area (Å²) < 4.78 is 37.8. The number of alkyl carbamates (subject to hydrolysis) is 1. The first-order valence-electron chi connectivity index (χ1n) is 9.32. The molecule has 29 heavy (non-hydrogen) atoms. The highest BCUT2D eigenvalue weighted by molar-refractivity contribution is 7.91. The van der Waals surface area contributed by atoms with E-state index in [0.29, 0.717) is 18.5 Å². The maximum atomic E-state index is 12.8. The number of aromatic nitrogens is 4. The Kier molecular flexibility index (Phi) is 6.18. The number of amides is 1. The zero-order valence-electron chi connectivity index (χ0n) is 16.6. The number of nitrogens with one attached hydrogen (secondary N) is 1. The molecule has 1 saturated heterocycles. The second kappa shape index (κ2) is 8.46. The smallest absolute Gasteiger partial charge is 0.407 e. The highest BCUT2D eigenvalue weighted by Gasteiger charge is 2.32. The van der Waals surface area contributed by atoms with Crippen LogP contribution in [0.25, 0.3) is 5.69 Å². The largest absolute Gasteiger partial charge is 0.444 e. The number of carbonyl (C=O) groups is 1. The van der Waals surface area contributed by atoms with Gasteiger partial charge >= 0.3 is 6.09 Å². The second-order valence-corrected chi connectivity index (χ2v) is 9.79. The maximum absolute atomic E-state index is 12.8. The first-order valence-corrected chi connectivity index (χ1v) is 11.0. The highest BCUT2D eigenvalue weighted by Crippen LogP contribution is 2.20. The monoisotopic (exact) mass is 423 g/mol. The fourth-order valence-electron chi connectivity index (χ4n) is 2.95. The van der Waals surface area contributed by atoms with Crippen LogP contribution in [-0.4, -0.2) is 64.8 Å². The van der Waals surface area contributed by atoms with E-state index in [4.69, 9.17) is 9.47 Å². The summed E-state index contributed by atoms with van der Waals surface area (Å²) in [5, 5.41) is 13.5. The topological polar surface area (TPSA) is 125 Å². The van der Waals surface area contributed by atoms with Gasteiger partial charge in [-0.15, -0.1) is 0 Å². The van der Waals surface area contributed by atoms with E-state index in [0.717, 1.165) is 0 Å². The van der Waals surface area contributed by atoms with E-state index in [1.54, 1.807) is 45.0 Å². The van der Waals surface area contributed by atoms with Crippen molar-refractivity contribution in [1.29, 1.82) is 0 Å². The van der Waals surface area contributed by atoms with Gasteiger partial charge in [-0.25, -0.2) is 13.2 Å². The lowest BCUT2D eigenvalue weighted by Crippen LogP contribution is -2.46.